The van der Waals surface area contributed by atoms with Gasteiger partial charge in [-0.2, -0.15) is 0 Å². The molecular formula is C8H9NO3. The molecular weight excluding hydrogens is 158 g/mol. The molecule has 1 saturated heterocycles. The molecule has 2 rings (SSSR count). The third kappa shape index (κ3) is 0.956. The molecule has 4 nitrogen and oxygen atoms in total. The average Bonchev–Trinajstić information content (AvgIpc) is 2.28. The van der Waals surface area contributed by atoms with Crippen LogP contribution < -0.4 is 5.32 Å². The van der Waals surface area contributed by atoms with Crippen LogP contribution in [0, 0.1) is 11.8 Å². The first-order valence-corrected chi connectivity index (χ1v) is 3.89. The molecule has 3 unspecified atom stereocenters. The smallest absolute Gasteiger partial charge is 0.234 e. The van der Waals surface area contributed by atoms with Gasteiger partial charge < -0.3 is 5.11 Å². The number of fused-ring (bicyclic) bond motifs is 1. The monoisotopic (exact) mass is 167 g/mol. The van der Waals surface area contributed by atoms with Gasteiger partial charge in [-0.15, -0.1) is 0 Å². The zero-order valence-electron chi connectivity index (χ0n) is 6.36. The topological polar surface area (TPSA) is 66.4 Å². The number of aliphatic hydroxyl groups excluding tert-OH is 1. The summed E-state index contributed by atoms with van der Waals surface area (Å²) in [6, 6.07) is 0. The minimum atomic E-state index is -0.581. The molecule has 0 spiro atoms. The summed E-state index contributed by atoms with van der Waals surface area (Å²) in [6.45, 7) is 0. The molecule has 2 N–H and O–H groups in total. The van der Waals surface area contributed by atoms with Gasteiger partial charge in [-0.05, 0) is 6.42 Å². The highest BCUT2D eigenvalue weighted by atomic mass is 16.3. The normalized spacial score (nSPS) is 39.6. The van der Waals surface area contributed by atoms with Crippen molar-refractivity contribution in [2.45, 2.75) is 12.5 Å². The van der Waals surface area contributed by atoms with Gasteiger partial charge in [0.15, 0.2) is 0 Å². The van der Waals surface area contributed by atoms with Crippen molar-refractivity contribution in [1.82, 2.24) is 5.32 Å². The molecule has 0 saturated carbocycles. The highest BCUT2D eigenvalue weighted by Crippen LogP contribution is 2.29. The van der Waals surface area contributed by atoms with E-state index in [1.807, 2.05) is 0 Å². The zero-order valence-corrected chi connectivity index (χ0v) is 6.36. The van der Waals surface area contributed by atoms with E-state index in [1.165, 1.54) is 0 Å². The predicted octanol–water partition coefficient (Wildman–Crippen LogP) is -0.804. The molecule has 64 valence electrons. The molecule has 0 bridgehead atoms. The standard InChI is InChI=1S/C8H9NO3/c10-4-1-2-5-6(3-4)8(12)9-7(5)11/h1-2,4-6,10H,3H2,(H,9,11,12). The van der Waals surface area contributed by atoms with Crippen LogP contribution in [0.25, 0.3) is 0 Å². The maximum absolute atomic E-state index is 11.1. The third-order valence-corrected chi connectivity index (χ3v) is 2.36. The lowest BCUT2D eigenvalue weighted by Gasteiger charge is -2.19. The highest BCUT2D eigenvalue weighted by Gasteiger charge is 2.42. The van der Waals surface area contributed by atoms with Crippen LogP contribution in [0.4, 0.5) is 0 Å². The lowest BCUT2D eigenvalue weighted by Crippen LogP contribution is -2.25. The van der Waals surface area contributed by atoms with Crippen LogP contribution >= 0.6 is 0 Å². The van der Waals surface area contributed by atoms with Gasteiger partial charge in [-0.1, -0.05) is 12.2 Å². The van der Waals surface area contributed by atoms with Crippen molar-refractivity contribution in [1.29, 1.82) is 0 Å². The van der Waals surface area contributed by atoms with Crippen LogP contribution in [-0.4, -0.2) is 23.0 Å². The minimum Gasteiger partial charge on any atom is -0.389 e. The molecule has 4 heteroatoms. The zero-order chi connectivity index (χ0) is 8.72. The Morgan fingerprint density at radius 1 is 1.33 bits per heavy atom. The second-order valence-corrected chi connectivity index (χ2v) is 3.17. The van der Waals surface area contributed by atoms with E-state index in [0.29, 0.717) is 6.42 Å². The number of rotatable bonds is 0. The Labute approximate surface area is 69.3 Å². The van der Waals surface area contributed by atoms with Crippen molar-refractivity contribution in [3.8, 4) is 0 Å². The molecule has 12 heavy (non-hydrogen) atoms. The quantitative estimate of drug-likeness (QED) is 0.366. The summed E-state index contributed by atoms with van der Waals surface area (Å²) >= 11 is 0. The molecule has 0 radical (unpaired) electrons. The summed E-state index contributed by atoms with van der Waals surface area (Å²) in [5.41, 5.74) is 0. The van der Waals surface area contributed by atoms with E-state index in [2.05, 4.69) is 5.32 Å². The fraction of sp³-hybridized carbons (Fsp3) is 0.500. The van der Waals surface area contributed by atoms with E-state index in [1.54, 1.807) is 12.2 Å². The van der Waals surface area contributed by atoms with Crippen LogP contribution in [0.15, 0.2) is 12.2 Å². The maximum atomic E-state index is 11.1. The molecule has 2 amide bonds. The van der Waals surface area contributed by atoms with Gasteiger partial charge in [-0.3, -0.25) is 14.9 Å². The van der Waals surface area contributed by atoms with E-state index >= 15 is 0 Å². The Bertz CT molecular complexity index is 271. The van der Waals surface area contributed by atoms with Gasteiger partial charge in [0.25, 0.3) is 0 Å². The molecule has 1 fully saturated rings. The van der Waals surface area contributed by atoms with E-state index in [0.717, 1.165) is 0 Å². The summed E-state index contributed by atoms with van der Waals surface area (Å²) in [4.78, 5) is 22.1. The molecule has 3 atom stereocenters. The molecule has 1 aliphatic carbocycles. The van der Waals surface area contributed by atoms with Crippen LogP contribution in [0.2, 0.25) is 0 Å². The molecule has 0 aromatic rings. The van der Waals surface area contributed by atoms with E-state index in [9.17, 15) is 14.7 Å². The lowest BCUT2D eigenvalue weighted by molar-refractivity contribution is -0.126. The third-order valence-electron chi connectivity index (χ3n) is 2.36. The lowest BCUT2D eigenvalue weighted by atomic mass is 9.85. The van der Waals surface area contributed by atoms with Crippen LogP contribution in [0.5, 0.6) is 0 Å². The van der Waals surface area contributed by atoms with Gasteiger partial charge in [-0.25, -0.2) is 0 Å². The molecule has 2 aliphatic rings. The number of hydrogen-bond donors (Lipinski definition) is 2. The first-order valence-electron chi connectivity index (χ1n) is 3.89. The van der Waals surface area contributed by atoms with E-state index < -0.39 is 6.10 Å². The summed E-state index contributed by atoms with van der Waals surface area (Å²) in [5, 5.41) is 11.4. The summed E-state index contributed by atoms with van der Waals surface area (Å²) < 4.78 is 0. The number of hydrogen-bond acceptors (Lipinski definition) is 3. The summed E-state index contributed by atoms with van der Waals surface area (Å²) in [6.07, 6.45) is 2.96. The number of nitrogens with one attached hydrogen (secondary N) is 1. The number of carbonyl (C=O) groups is 2. The van der Waals surface area contributed by atoms with Crippen molar-refractivity contribution in [2.24, 2.45) is 11.8 Å². The van der Waals surface area contributed by atoms with Crippen molar-refractivity contribution < 1.29 is 14.7 Å². The molecule has 0 aromatic heterocycles. The molecule has 1 aliphatic heterocycles. The number of amides is 2. The maximum Gasteiger partial charge on any atom is 0.234 e. The Hall–Kier alpha value is -1.16. The van der Waals surface area contributed by atoms with Crippen molar-refractivity contribution in [3.05, 3.63) is 12.2 Å². The van der Waals surface area contributed by atoms with Crippen LogP contribution in [0.1, 0.15) is 6.42 Å². The molecule has 0 aromatic carbocycles. The van der Waals surface area contributed by atoms with Gasteiger partial charge >= 0.3 is 0 Å². The SMILES string of the molecule is O=C1NC(=O)C2CC(O)C=CC12. The average molecular weight is 167 g/mol. The summed E-state index contributed by atoms with van der Waals surface area (Å²) in [5.74, 6) is -1.19. The van der Waals surface area contributed by atoms with Crippen LogP contribution in [-0.2, 0) is 9.59 Å². The summed E-state index contributed by atoms with van der Waals surface area (Å²) in [7, 11) is 0. The Balaban J connectivity index is 2.29. The van der Waals surface area contributed by atoms with Gasteiger partial charge in [0.2, 0.25) is 11.8 Å². The van der Waals surface area contributed by atoms with Crippen molar-refractivity contribution >= 4 is 11.8 Å². The first-order chi connectivity index (χ1) is 5.68. The molecule has 1 heterocycles. The minimum absolute atomic E-state index is 0.242. The van der Waals surface area contributed by atoms with E-state index in [4.69, 9.17) is 0 Å². The van der Waals surface area contributed by atoms with Crippen molar-refractivity contribution in [2.75, 3.05) is 0 Å². The van der Waals surface area contributed by atoms with Crippen molar-refractivity contribution in [3.63, 3.8) is 0 Å². The van der Waals surface area contributed by atoms with Gasteiger partial charge in [0.1, 0.15) is 0 Å². The second-order valence-electron chi connectivity index (χ2n) is 3.17. The Morgan fingerprint density at radius 3 is 2.83 bits per heavy atom. The van der Waals surface area contributed by atoms with Gasteiger partial charge in [0.05, 0.1) is 17.9 Å². The Kier molecular flexibility index (Phi) is 1.51. The first kappa shape index (κ1) is 7.49. The predicted molar refractivity (Wildman–Crippen MR) is 39.9 cm³/mol. The Morgan fingerprint density at radius 2 is 2.08 bits per heavy atom. The number of aliphatic hydroxyl groups is 1. The fourth-order valence-corrected chi connectivity index (χ4v) is 1.71. The number of imide groups is 1. The highest BCUT2D eigenvalue weighted by molar-refractivity contribution is 6.06. The van der Waals surface area contributed by atoms with E-state index in [-0.39, 0.29) is 23.7 Å². The fourth-order valence-electron chi connectivity index (χ4n) is 1.71. The second kappa shape index (κ2) is 2.42. The van der Waals surface area contributed by atoms with Gasteiger partial charge in [0, 0.05) is 0 Å². The van der Waals surface area contributed by atoms with Crippen LogP contribution in [0.3, 0.4) is 0 Å². The number of carbonyl (C=O) groups excluding carboxylic acids is 2. The largest absolute Gasteiger partial charge is 0.389 e.